The fourth-order valence-corrected chi connectivity index (χ4v) is 3.74. The molecule has 2 aromatic rings. The topological polar surface area (TPSA) is 53.7 Å². The standard InChI is InChI=1S/C14H15BrClNO3S/c1-18-9-4-7(5-10(19-2)13(9)20-3)12(17)11-6-8(16)14(15)21-11/h4-6,12H,17H2,1-3H3. The minimum atomic E-state index is -0.326. The van der Waals surface area contributed by atoms with Gasteiger partial charge in [-0.05, 0) is 39.7 Å². The Morgan fingerprint density at radius 2 is 1.67 bits per heavy atom. The zero-order chi connectivity index (χ0) is 15.6. The zero-order valence-electron chi connectivity index (χ0n) is 11.8. The van der Waals surface area contributed by atoms with E-state index in [4.69, 9.17) is 31.5 Å². The van der Waals surface area contributed by atoms with Crippen molar-refractivity contribution < 1.29 is 14.2 Å². The first-order valence-electron chi connectivity index (χ1n) is 6.02. The van der Waals surface area contributed by atoms with Gasteiger partial charge in [-0.25, -0.2) is 0 Å². The quantitative estimate of drug-likeness (QED) is 0.827. The molecule has 2 N–H and O–H groups in total. The van der Waals surface area contributed by atoms with Gasteiger partial charge in [-0.3, -0.25) is 0 Å². The molecular formula is C14H15BrClNO3S. The van der Waals surface area contributed by atoms with E-state index in [9.17, 15) is 0 Å². The molecule has 1 aromatic carbocycles. The summed E-state index contributed by atoms with van der Waals surface area (Å²) in [7, 11) is 4.71. The third-order valence-electron chi connectivity index (χ3n) is 3.02. The predicted molar refractivity (Wildman–Crippen MR) is 89.2 cm³/mol. The lowest BCUT2D eigenvalue weighted by molar-refractivity contribution is 0.323. The van der Waals surface area contributed by atoms with Crippen molar-refractivity contribution in [2.45, 2.75) is 6.04 Å². The lowest BCUT2D eigenvalue weighted by atomic mass is 10.0. The molecule has 1 atom stereocenters. The van der Waals surface area contributed by atoms with Crippen LogP contribution in [-0.2, 0) is 0 Å². The third-order valence-corrected chi connectivity index (χ3v) is 5.57. The molecule has 0 amide bonds. The van der Waals surface area contributed by atoms with E-state index in [1.54, 1.807) is 21.3 Å². The maximum absolute atomic E-state index is 6.32. The molecule has 0 spiro atoms. The van der Waals surface area contributed by atoms with Gasteiger partial charge in [-0.1, -0.05) is 11.6 Å². The maximum atomic E-state index is 6.32. The van der Waals surface area contributed by atoms with Gasteiger partial charge < -0.3 is 19.9 Å². The summed E-state index contributed by atoms with van der Waals surface area (Å²) in [5, 5.41) is 0.651. The second-order valence-electron chi connectivity index (χ2n) is 4.21. The summed E-state index contributed by atoms with van der Waals surface area (Å²) >= 11 is 11.0. The van der Waals surface area contributed by atoms with Crippen LogP contribution in [0, 0.1) is 0 Å². The summed E-state index contributed by atoms with van der Waals surface area (Å²) in [6.07, 6.45) is 0. The van der Waals surface area contributed by atoms with Crippen LogP contribution in [-0.4, -0.2) is 21.3 Å². The van der Waals surface area contributed by atoms with Gasteiger partial charge in [0.15, 0.2) is 11.5 Å². The SMILES string of the molecule is COc1cc(C(N)c2cc(Cl)c(Br)s2)cc(OC)c1OC. The number of benzene rings is 1. The van der Waals surface area contributed by atoms with Gasteiger partial charge in [0.2, 0.25) is 5.75 Å². The molecule has 0 fully saturated rings. The molecule has 0 radical (unpaired) electrons. The molecule has 0 aliphatic rings. The molecule has 21 heavy (non-hydrogen) atoms. The summed E-state index contributed by atoms with van der Waals surface area (Å²) in [6, 6.07) is 5.21. The Morgan fingerprint density at radius 1 is 1.10 bits per heavy atom. The summed E-state index contributed by atoms with van der Waals surface area (Å²) in [5.41, 5.74) is 7.17. The lowest BCUT2D eigenvalue weighted by Crippen LogP contribution is -2.11. The lowest BCUT2D eigenvalue weighted by Gasteiger charge is -2.17. The minimum Gasteiger partial charge on any atom is -0.493 e. The van der Waals surface area contributed by atoms with Crippen LogP contribution in [0.2, 0.25) is 5.02 Å². The first kappa shape index (κ1) is 16.4. The third kappa shape index (κ3) is 3.29. The highest BCUT2D eigenvalue weighted by atomic mass is 79.9. The molecule has 1 unspecified atom stereocenters. The average molecular weight is 393 g/mol. The Kier molecular flexibility index (Phi) is 5.37. The largest absolute Gasteiger partial charge is 0.493 e. The molecule has 0 saturated carbocycles. The van der Waals surface area contributed by atoms with Crippen LogP contribution in [0.1, 0.15) is 16.5 Å². The van der Waals surface area contributed by atoms with Crippen molar-refractivity contribution >= 4 is 38.9 Å². The van der Waals surface area contributed by atoms with Crippen molar-refractivity contribution in [3.8, 4) is 17.2 Å². The first-order chi connectivity index (χ1) is 10.0. The molecule has 7 heteroatoms. The van der Waals surface area contributed by atoms with Crippen molar-refractivity contribution in [3.05, 3.63) is 37.4 Å². The Labute approximate surface area is 140 Å². The molecule has 114 valence electrons. The van der Waals surface area contributed by atoms with Crippen molar-refractivity contribution in [2.75, 3.05) is 21.3 Å². The van der Waals surface area contributed by atoms with Crippen molar-refractivity contribution in [1.82, 2.24) is 0 Å². The van der Waals surface area contributed by atoms with Gasteiger partial charge >= 0.3 is 0 Å². The molecule has 1 aromatic heterocycles. The minimum absolute atomic E-state index is 0.326. The van der Waals surface area contributed by atoms with E-state index < -0.39 is 0 Å². The van der Waals surface area contributed by atoms with Crippen molar-refractivity contribution in [2.24, 2.45) is 5.73 Å². The monoisotopic (exact) mass is 391 g/mol. The van der Waals surface area contributed by atoms with E-state index in [0.29, 0.717) is 22.3 Å². The van der Waals surface area contributed by atoms with Gasteiger partial charge in [-0.15, -0.1) is 11.3 Å². The van der Waals surface area contributed by atoms with Crippen LogP contribution in [0.25, 0.3) is 0 Å². The van der Waals surface area contributed by atoms with E-state index in [1.165, 1.54) is 11.3 Å². The van der Waals surface area contributed by atoms with Gasteiger partial charge in [-0.2, -0.15) is 0 Å². The van der Waals surface area contributed by atoms with Crippen LogP contribution in [0.5, 0.6) is 17.2 Å². The normalized spacial score (nSPS) is 12.1. The first-order valence-corrected chi connectivity index (χ1v) is 8.00. The summed E-state index contributed by atoms with van der Waals surface area (Å²) in [6.45, 7) is 0. The van der Waals surface area contributed by atoms with Crippen molar-refractivity contribution in [3.63, 3.8) is 0 Å². The van der Waals surface area contributed by atoms with E-state index >= 15 is 0 Å². The summed E-state index contributed by atoms with van der Waals surface area (Å²) in [5.74, 6) is 1.69. The van der Waals surface area contributed by atoms with Crippen LogP contribution >= 0.6 is 38.9 Å². The number of ether oxygens (including phenoxy) is 3. The Bertz CT molecular complexity index is 603. The molecular weight excluding hydrogens is 378 g/mol. The summed E-state index contributed by atoms with van der Waals surface area (Å²) in [4.78, 5) is 0.946. The summed E-state index contributed by atoms with van der Waals surface area (Å²) < 4.78 is 16.9. The molecule has 4 nitrogen and oxygen atoms in total. The predicted octanol–water partition coefficient (Wildman–Crippen LogP) is 4.24. The number of rotatable bonds is 5. The van der Waals surface area contributed by atoms with Crippen LogP contribution < -0.4 is 19.9 Å². The Hall–Kier alpha value is -0.950. The number of hydrogen-bond donors (Lipinski definition) is 1. The molecule has 0 bridgehead atoms. The molecule has 1 heterocycles. The van der Waals surface area contributed by atoms with Gasteiger partial charge in [0.05, 0.1) is 36.2 Å². The smallest absolute Gasteiger partial charge is 0.203 e. The number of hydrogen-bond acceptors (Lipinski definition) is 5. The van der Waals surface area contributed by atoms with Crippen molar-refractivity contribution in [1.29, 1.82) is 0 Å². The molecule has 0 aliphatic heterocycles. The second kappa shape index (κ2) is 6.87. The van der Waals surface area contributed by atoms with Gasteiger partial charge in [0, 0.05) is 4.88 Å². The Balaban J connectivity index is 2.48. The highest BCUT2D eigenvalue weighted by Crippen LogP contribution is 2.42. The maximum Gasteiger partial charge on any atom is 0.203 e. The molecule has 2 rings (SSSR count). The van der Waals surface area contributed by atoms with E-state index in [1.807, 2.05) is 18.2 Å². The number of methoxy groups -OCH3 is 3. The average Bonchev–Trinajstić information content (AvgIpc) is 2.84. The highest BCUT2D eigenvalue weighted by Gasteiger charge is 2.19. The number of halogens is 2. The molecule has 0 aliphatic carbocycles. The van der Waals surface area contributed by atoms with E-state index in [0.717, 1.165) is 14.2 Å². The number of thiophene rings is 1. The van der Waals surface area contributed by atoms with Crippen LogP contribution in [0.4, 0.5) is 0 Å². The van der Waals surface area contributed by atoms with E-state index in [2.05, 4.69) is 15.9 Å². The van der Waals surface area contributed by atoms with E-state index in [-0.39, 0.29) is 6.04 Å². The number of nitrogens with two attached hydrogens (primary N) is 1. The second-order valence-corrected chi connectivity index (χ2v) is 7.02. The van der Waals surface area contributed by atoms with Gasteiger partial charge in [0.1, 0.15) is 0 Å². The molecule has 0 saturated heterocycles. The van der Waals surface area contributed by atoms with Crippen LogP contribution in [0.3, 0.4) is 0 Å². The highest BCUT2D eigenvalue weighted by molar-refractivity contribution is 9.11. The fraction of sp³-hybridized carbons (Fsp3) is 0.286. The zero-order valence-corrected chi connectivity index (χ0v) is 14.9. The Morgan fingerprint density at radius 3 is 2.05 bits per heavy atom. The van der Waals surface area contributed by atoms with Crippen LogP contribution in [0.15, 0.2) is 22.0 Å². The fourth-order valence-electron chi connectivity index (χ4n) is 1.96. The van der Waals surface area contributed by atoms with Gasteiger partial charge in [0.25, 0.3) is 0 Å².